The molecule has 0 radical (unpaired) electrons. The van der Waals surface area contributed by atoms with Crippen LogP contribution in [0.25, 0.3) is 0 Å². The van der Waals surface area contributed by atoms with Crippen molar-refractivity contribution in [2.24, 2.45) is 11.1 Å². The first-order valence-corrected chi connectivity index (χ1v) is 8.22. The van der Waals surface area contributed by atoms with Gasteiger partial charge >= 0.3 is 0 Å². The molecule has 1 N–H and O–H groups in total. The van der Waals surface area contributed by atoms with E-state index in [2.05, 4.69) is 36.5 Å². The molecular weight excluding hydrogens is 276 g/mol. The molecule has 1 amide bonds. The molecule has 0 bridgehead atoms. The van der Waals surface area contributed by atoms with Gasteiger partial charge in [0, 0.05) is 6.04 Å². The Hall–Kier alpha value is -1.84. The lowest BCUT2D eigenvalue weighted by Gasteiger charge is -2.29. The van der Waals surface area contributed by atoms with Crippen LogP contribution in [0.5, 0.6) is 0 Å². The van der Waals surface area contributed by atoms with Crippen LogP contribution in [-0.2, 0) is 16.1 Å². The minimum absolute atomic E-state index is 0.0211. The van der Waals surface area contributed by atoms with Crippen molar-refractivity contribution >= 4 is 12.1 Å². The zero-order chi connectivity index (χ0) is 15.8. The normalized spacial score (nSPS) is 21.7. The minimum atomic E-state index is -0.0859. The molecule has 0 aliphatic heterocycles. The number of carbonyl (C=O) groups is 1. The fourth-order valence-electron chi connectivity index (χ4n) is 2.81. The Morgan fingerprint density at radius 1 is 1.32 bits per heavy atom. The van der Waals surface area contributed by atoms with Crippen molar-refractivity contribution in [2.45, 2.75) is 52.0 Å². The molecule has 22 heavy (non-hydrogen) atoms. The highest BCUT2D eigenvalue weighted by atomic mass is 16.6. The lowest BCUT2D eigenvalue weighted by atomic mass is 9.86. The van der Waals surface area contributed by atoms with Crippen LogP contribution in [0.1, 0.15) is 50.7 Å². The second-order valence-electron chi connectivity index (χ2n) is 6.04. The average molecular weight is 302 g/mol. The highest BCUT2D eigenvalue weighted by molar-refractivity contribution is 5.80. The third-order valence-corrected chi connectivity index (χ3v) is 4.32. The van der Waals surface area contributed by atoms with Crippen LogP contribution in [0.3, 0.4) is 0 Å². The summed E-state index contributed by atoms with van der Waals surface area (Å²) in [5, 5.41) is 6.91. The molecule has 0 heterocycles. The maximum atomic E-state index is 11.8. The van der Waals surface area contributed by atoms with Crippen LogP contribution in [-0.4, -0.2) is 24.8 Å². The van der Waals surface area contributed by atoms with Crippen molar-refractivity contribution in [2.75, 3.05) is 6.61 Å². The number of hydrogen-bond acceptors (Lipinski definition) is 3. The molecule has 2 atom stereocenters. The molecule has 4 nitrogen and oxygen atoms in total. The molecule has 0 unspecified atom stereocenters. The third-order valence-electron chi connectivity index (χ3n) is 4.32. The van der Waals surface area contributed by atoms with Crippen molar-refractivity contribution in [3.05, 3.63) is 35.4 Å². The lowest BCUT2D eigenvalue weighted by molar-refractivity contribution is -0.126. The maximum Gasteiger partial charge on any atom is 0.261 e. The number of hydrogen-bond donors (Lipinski definition) is 1. The van der Waals surface area contributed by atoms with Gasteiger partial charge < -0.3 is 10.2 Å². The second-order valence-corrected chi connectivity index (χ2v) is 6.04. The summed E-state index contributed by atoms with van der Waals surface area (Å²) in [4.78, 5) is 16.9. The smallest absolute Gasteiger partial charge is 0.261 e. The monoisotopic (exact) mass is 302 g/mol. The number of rotatable bonds is 6. The molecule has 2 rings (SSSR count). The van der Waals surface area contributed by atoms with Crippen molar-refractivity contribution in [1.29, 1.82) is 0 Å². The van der Waals surface area contributed by atoms with Gasteiger partial charge in [-0.1, -0.05) is 56.1 Å². The zero-order valence-electron chi connectivity index (χ0n) is 13.5. The topological polar surface area (TPSA) is 50.7 Å². The van der Waals surface area contributed by atoms with Gasteiger partial charge in [0.25, 0.3) is 5.91 Å². The third kappa shape index (κ3) is 5.17. The maximum absolute atomic E-state index is 11.8. The minimum Gasteiger partial charge on any atom is -0.386 e. The van der Waals surface area contributed by atoms with Crippen molar-refractivity contribution < 1.29 is 9.63 Å². The van der Waals surface area contributed by atoms with Crippen LogP contribution in [0.4, 0.5) is 0 Å². The molecule has 1 aliphatic carbocycles. The number of benzene rings is 1. The summed E-state index contributed by atoms with van der Waals surface area (Å²) in [6, 6.07) is 8.41. The Balaban J connectivity index is 1.70. The summed E-state index contributed by atoms with van der Waals surface area (Å²) in [5.74, 6) is 0.468. The Bertz CT molecular complexity index is 496. The van der Waals surface area contributed by atoms with Gasteiger partial charge in [0.05, 0.1) is 6.21 Å². The number of nitrogens with zero attached hydrogens (tertiary/aromatic N) is 1. The van der Waals surface area contributed by atoms with Gasteiger partial charge in [0.15, 0.2) is 6.61 Å². The van der Waals surface area contributed by atoms with Gasteiger partial charge in [0.1, 0.15) is 0 Å². The second kappa shape index (κ2) is 8.57. The predicted octanol–water partition coefficient (Wildman–Crippen LogP) is 3.29. The number of amides is 1. The van der Waals surface area contributed by atoms with Gasteiger partial charge in [0.2, 0.25) is 0 Å². The number of aryl methyl sites for hydroxylation is 1. The van der Waals surface area contributed by atoms with E-state index in [9.17, 15) is 4.79 Å². The van der Waals surface area contributed by atoms with E-state index >= 15 is 0 Å². The van der Waals surface area contributed by atoms with E-state index in [1.165, 1.54) is 24.8 Å². The molecule has 0 saturated heterocycles. The summed E-state index contributed by atoms with van der Waals surface area (Å²) >= 11 is 0. The highest BCUT2D eigenvalue weighted by Gasteiger charge is 2.22. The number of oxime groups is 1. The van der Waals surface area contributed by atoms with Crippen LogP contribution < -0.4 is 5.32 Å². The van der Waals surface area contributed by atoms with E-state index in [-0.39, 0.29) is 18.6 Å². The SMILES string of the molecule is CCc1ccc(/C=N\OCC(=O)N[C@@H]2CCCC[C@@H]2C)cc1. The van der Waals surface area contributed by atoms with Crippen molar-refractivity contribution in [3.8, 4) is 0 Å². The van der Waals surface area contributed by atoms with Crippen LogP contribution in [0, 0.1) is 5.92 Å². The van der Waals surface area contributed by atoms with Crippen molar-refractivity contribution in [1.82, 2.24) is 5.32 Å². The molecule has 120 valence electrons. The van der Waals surface area contributed by atoms with Gasteiger partial charge in [-0.05, 0) is 36.3 Å². The molecule has 0 spiro atoms. The molecule has 1 aliphatic rings. The summed E-state index contributed by atoms with van der Waals surface area (Å²) in [6.45, 7) is 4.30. The van der Waals surface area contributed by atoms with E-state index in [1.54, 1.807) is 6.21 Å². The number of carbonyl (C=O) groups excluding carboxylic acids is 1. The van der Waals surface area contributed by atoms with E-state index in [0.29, 0.717) is 5.92 Å². The average Bonchev–Trinajstić information content (AvgIpc) is 2.54. The van der Waals surface area contributed by atoms with Crippen LogP contribution >= 0.6 is 0 Å². The molecule has 1 saturated carbocycles. The Morgan fingerprint density at radius 3 is 2.73 bits per heavy atom. The molecule has 1 fully saturated rings. The first-order valence-electron chi connectivity index (χ1n) is 8.22. The van der Waals surface area contributed by atoms with E-state index < -0.39 is 0 Å². The number of nitrogens with one attached hydrogen (secondary N) is 1. The molecule has 0 aromatic heterocycles. The summed E-state index contributed by atoms with van der Waals surface area (Å²) < 4.78 is 0. The predicted molar refractivity (Wildman–Crippen MR) is 88.9 cm³/mol. The van der Waals surface area contributed by atoms with E-state index in [1.807, 2.05) is 12.1 Å². The lowest BCUT2D eigenvalue weighted by Crippen LogP contribution is -2.42. The zero-order valence-corrected chi connectivity index (χ0v) is 13.5. The summed E-state index contributed by atoms with van der Waals surface area (Å²) in [7, 11) is 0. The molecular formula is C18H26N2O2. The quantitative estimate of drug-likeness (QED) is 0.647. The Kier molecular flexibility index (Phi) is 6.44. The van der Waals surface area contributed by atoms with Crippen molar-refractivity contribution in [3.63, 3.8) is 0 Å². The van der Waals surface area contributed by atoms with E-state index in [4.69, 9.17) is 4.84 Å². The molecule has 1 aromatic rings. The fraction of sp³-hybridized carbons (Fsp3) is 0.556. The van der Waals surface area contributed by atoms with Gasteiger partial charge in [-0.15, -0.1) is 0 Å². The first kappa shape index (κ1) is 16.5. The van der Waals surface area contributed by atoms with Crippen LogP contribution in [0.15, 0.2) is 29.4 Å². The Morgan fingerprint density at radius 2 is 2.05 bits per heavy atom. The fourth-order valence-corrected chi connectivity index (χ4v) is 2.81. The Labute approximate surface area is 132 Å². The van der Waals surface area contributed by atoms with Gasteiger partial charge in [-0.25, -0.2) is 0 Å². The molecule has 1 aromatic carbocycles. The summed E-state index contributed by atoms with van der Waals surface area (Å²) in [5.41, 5.74) is 2.26. The summed E-state index contributed by atoms with van der Waals surface area (Å²) in [6.07, 6.45) is 7.38. The molecule has 4 heteroatoms. The highest BCUT2D eigenvalue weighted by Crippen LogP contribution is 2.23. The standard InChI is InChI=1S/C18H26N2O2/c1-3-15-8-10-16(11-9-15)12-19-22-13-18(21)20-17-7-5-4-6-14(17)2/h8-12,14,17H,3-7,13H2,1-2H3,(H,20,21)/b19-12-/t14-,17+/m0/s1. The van der Waals surface area contributed by atoms with E-state index in [0.717, 1.165) is 18.4 Å². The first-order chi connectivity index (χ1) is 10.7. The van der Waals surface area contributed by atoms with Gasteiger partial charge in [-0.2, -0.15) is 0 Å². The largest absolute Gasteiger partial charge is 0.386 e. The van der Waals surface area contributed by atoms with Crippen LogP contribution in [0.2, 0.25) is 0 Å². The van der Waals surface area contributed by atoms with Gasteiger partial charge in [-0.3, -0.25) is 4.79 Å².